The molecular formula is C10H22N2O2. The van der Waals surface area contributed by atoms with Crippen molar-refractivity contribution in [1.29, 1.82) is 0 Å². The Balaban J connectivity index is 2.37. The summed E-state index contributed by atoms with van der Waals surface area (Å²) in [5.74, 6) is -0.359. The van der Waals surface area contributed by atoms with E-state index in [4.69, 9.17) is 15.2 Å². The lowest BCUT2D eigenvalue weighted by Crippen LogP contribution is -2.66. The van der Waals surface area contributed by atoms with E-state index in [1.807, 2.05) is 0 Å². The summed E-state index contributed by atoms with van der Waals surface area (Å²) >= 11 is 0. The zero-order valence-electron chi connectivity index (χ0n) is 9.45. The predicted octanol–water partition coefficient (Wildman–Crippen LogP) is 0.419. The van der Waals surface area contributed by atoms with Crippen molar-refractivity contribution in [3.63, 3.8) is 0 Å². The summed E-state index contributed by atoms with van der Waals surface area (Å²) in [6.07, 6.45) is 2.20. The maximum Gasteiger partial charge on any atom is 0.193 e. The van der Waals surface area contributed by atoms with Gasteiger partial charge in [0.1, 0.15) is 0 Å². The summed E-state index contributed by atoms with van der Waals surface area (Å²) in [6, 6.07) is 0.582. The van der Waals surface area contributed by atoms with Crippen molar-refractivity contribution < 1.29 is 9.47 Å². The van der Waals surface area contributed by atoms with E-state index in [-0.39, 0.29) is 5.79 Å². The SMILES string of the molecule is CCC(CCN)N1CC(OC)(OC)C1. The normalized spacial score (nSPS) is 23.1. The van der Waals surface area contributed by atoms with Gasteiger partial charge < -0.3 is 15.2 Å². The van der Waals surface area contributed by atoms with E-state index in [1.54, 1.807) is 14.2 Å². The van der Waals surface area contributed by atoms with Crippen molar-refractivity contribution in [3.05, 3.63) is 0 Å². The van der Waals surface area contributed by atoms with Crippen LogP contribution in [-0.4, -0.2) is 50.6 Å². The first-order valence-corrected chi connectivity index (χ1v) is 5.25. The molecule has 0 aliphatic carbocycles. The minimum Gasteiger partial charge on any atom is -0.351 e. The Hall–Kier alpha value is -0.160. The molecule has 1 fully saturated rings. The molecule has 1 atom stereocenters. The molecule has 14 heavy (non-hydrogen) atoms. The quantitative estimate of drug-likeness (QED) is 0.634. The van der Waals surface area contributed by atoms with Crippen LogP contribution in [-0.2, 0) is 9.47 Å². The fourth-order valence-electron chi connectivity index (χ4n) is 2.01. The summed E-state index contributed by atoms with van der Waals surface area (Å²) in [7, 11) is 3.40. The van der Waals surface area contributed by atoms with Crippen LogP contribution in [0.5, 0.6) is 0 Å². The number of hydrogen-bond donors (Lipinski definition) is 1. The molecule has 1 aliphatic rings. The molecule has 2 N–H and O–H groups in total. The lowest BCUT2D eigenvalue weighted by Gasteiger charge is -2.50. The van der Waals surface area contributed by atoms with Gasteiger partial charge in [0.2, 0.25) is 0 Å². The van der Waals surface area contributed by atoms with Gasteiger partial charge >= 0.3 is 0 Å². The third kappa shape index (κ3) is 2.25. The first-order valence-electron chi connectivity index (χ1n) is 5.25. The van der Waals surface area contributed by atoms with E-state index in [9.17, 15) is 0 Å². The van der Waals surface area contributed by atoms with Crippen molar-refractivity contribution in [2.45, 2.75) is 31.6 Å². The molecule has 1 rings (SSSR count). The van der Waals surface area contributed by atoms with Gasteiger partial charge in [-0.05, 0) is 19.4 Å². The zero-order valence-corrected chi connectivity index (χ0v) is 9.45. The molecule has 0 radical (unpaired) electrons. The van der Waals surface area contributed by atoms with Crippen LogP contribution in [0.15, 0.2) is 0 Å². The third-order valence-corrected chi connectivity index (χ3v) is 3.12. The molecule has 4 nitrogen and oxygen atoms in total. The van der Waals surface area contributed by atoms with Crippen LogP contribution in [0, 0.1) is 0 Å². The Labute approximate surface area is 86.3 Å². The van der Waals surface area contributed by atoms with E-state index >= 15 is 0 Å². The first-order chi connectivity index (χ1) is 6.71. The van der Waals surface area contributed by atoms with Gasteiger partial charge in [-0.2, -0.15) is 0 Å². The molecule has 0 aromatic heterocycles. The largest absolute Gasteiger partial charge is 0.351 e. The molecule has 0 spiro atoms. The molecule has 84 valence electrons. The number of nitrogens with zero attached hydrogens (tertiary/aromatic N) is 1. The average Bonchev–Trinajstić information content (AvgIpc) is 2.16. The van der Waals surface area contributed by atoms with Gasteiger partial charge in [0.05, 0.1) is 13.1 Å². The summed E-state index contributed by atoms with van der Waals surface area (Å²) < 4.78 is 10.7. The molecule has 1 unspecified atom stereocenters. The Morgan fingerprint density at radius 1 is 1.36 bits per heavy atom. The topological polar surface area (TPSA) is 47.7 Å². The highest BCUT2D eigenvalue weighted by Crippen LogP contribution is 2.28. The zero-order chi connectivity index (χ0) is 10.6. The maximum absolute atomic E-state index is 5.57. The predicted molar refractivity (Wildman–Crippen MR) is 56.1 cm³/mol. The van der Waals surface area contributed by atoms with E-state index in [1.165, 1.54) is 0 Å². The first kappa shape index (κ1) is 11.9. The number of hydrogen-bond acceptors (Lipinski definition) is 4. The fraction of sp³-hybridized carbons (Fsp3) is 1.00. The van der Waals surface area contributed by atoms with Crippen molar-refractivity contribution in [3.8, 4) is 0 Å². The van der Waals surface area contributed by atoms with Gasteiger partial charge in [0.15, 0.2) is 5.79 Å². The molecule has 0 amide bonds. The number of likely N-dealkylation sites (tertiary alicyclic amines) is 1. The Kier molecular flexibility index (Phi) is 4.31. The van der Waals surface area contributed by atoms with Gasteiger partial charge in [-0.25, -0.2) is 0 Å². The standard InChI is InChI=1S/C10H22N2O2/c1-4-9(5-6-11)12-7-10(8-12,13-2)14-3/h9H,4-8,11H2,1-3H3. The highest BCUT2D eigenvalue weighted by atomic mass is 16.7. The number of ether oxygens (including phenoxy) is 2. The smallest absolute Gasteiger partial charge is 0.193 e. The Morgan fingerprint density at radius 2 is 1.93 bits per heavy atom. The van der Waals surface area contributed by atoms with Crippen molar-refractivity contribution in [2.75, 3.05) is 33.9 Å². The van der Waals surface area contributed by atoms with Gasteiger partial charge in [-0.3, -0.25) is 4.90 Å². The van der Waals surface area contributed by atoms with Crippen LogP contribution in [0.1, 0.15) is 19.8 Å². The van der Waals surface area contributed by atoms with Gasteiger partial charge in [0, 0.05) is 20.3 Å². The molecule has 1 aliphatic heterocycles. The molecule has 4 heteroatoms. The highest BCUT2D eigenvalue weighted by Gasteiger charge is 2.45. The van der Waals surface area contributed by atoms with Crippen LogP contribution in [0.2, 0.25) is 0 Å². The minimum absolute atomic E-state index is 0.359. The second kappa shape index (κ2) is 5.07. The molecule has 0 aromatic rings. The summed E-state index contributed by atoms with van der Waals surface area (Å²) in [5.41, 5.74) is 5.57. The van der Waals surface area contributed by atoms with E-state index in [0.717, 1.165) is 32.5 Å². The Bertz CT molecular complexity index is 164. The second-order valence-corrected chi connectivity index (χ2v) is 3.86. The van der Waals surface area contributed by atoms with Crippen LogP contribution >= 0.6 is 0 Å². The fourth-order valence-corrected chi connectivity index (χ4v) is 2.01. The van der Waals surface area contributed by atoms with Crippen LogP contribution in [0.3, 0.4) is 0 Å². The van der Waals surface area contributed by atoms with Crippen LogP contribution in [0.4, 0.5) is 0 Å². The minimum atomic E-state index is -0.359. The van der Waals surface area contributed by atoms with Gasteiger partial charge in [-0.15, -0.1) is 0 Å². The molecular weight excluding hydrogens is 180 g/mol. The molecule has 1 saturated heterocycles. The van der Waals surface area contributed by atoms with Crippen LogP contribution < -0.4 is 5.73 Å². The van der Waals surface area contributed by atoms with Crippen molar-refractivity contribution in [2.24, 2.45) is 5.73 Å². The molecule has 1 heterocycles. The second-order valence-electron chi connectivity index (χ2n) is 3.86. The molecule has 0 bridgehead atoms. The lowest BCUT2D eigenvalue weighted by atomic mass is 10.00. The number of rotatable bonds is 6. The molecule has 0 aromatic carbocycles. The number of nitrogens with two attached hydrogens (primary N) is 1. The Morgan fingerprint density at radius 3 is 2.29 bits per heavy atom. The van der Waals surface area contributed by atoms with Crippen LogP contribution in [0.25, 0.3) is 0 Å². The highest BCUT2D eigenvalue weighted by molar-refractivity contribution is 4.92. The van der Waals surface area contributed by atoms with Gasteiger partial charge in [-0.1, -0.05) is 6.92 Å². The van der Waals surface area contributed by atoms with E-state index < -0.39 is 0 Å². The molecule has 0 saturated carbocycles. The summed E-state index contributed by atoms with van der Waals surface area (Å²) in [5, 5.41) is 0. The summed E-state index contributed by atoms with van der Waals surface area (Å²) in [4.78, 5) is 2.37. The number of methoxy groups -OCH3 is 2. The maximum atomic E-state index is 5.57. The van der Waals surface area contributed by atoms with E-state index in [2.05, 4.69) is 11.8 Å². The lowest BCUT2D eigenvalue weighted by molar-refractivity contribution is -0.282. The average molecular weight is 202 g/mol. The van der Waals surface area contributed by atoms with E-state index in [0.29, 0.717) is 6.04 Å². The van der Waals surface area contributed by atoms with Gasteiger partial charge in [0.25, 0.3) is 0 Å². The van der Waals surface area contributed by atoms with Crippen molar-refractivity contribution in [1.82, 2.24) is 4.90 Å². The monoisotopic (exact) mass is 202 g/mol. The third-order valence-electron chi connectivity index (χ3n) is 3.12. The summed E-state index contributed by atoms with van der Waals surface area (Å²) in [6.45, 7) is 4.67. The van der Waals surface area contributed by atoms with Crippen molar-refractivity contribution >= 4 is 0 Å².